The summed E-state index contributed by atoms with van der Waals surface area (Å²) in [6.07, 6.45) is 1.51. The smallest absolute Gasteiger partial charge is 0.363 e. The average Bonchev–Trinajstić information content (AvgIpc) is 3.24. The Morgan fingerprint density at radius 2 is 1.76 bits per heavy atom. The van der Waals surface area contributed by atoms with E-state index in [2.05, 4.69) is 20.9 Å². The third-order valence-corrected chi connectivity index (χ3v) is 6.03. The molecule has 0 fully saturated rings. The van der Waals surface area contributed by atoms with Gasteiger partial charge in [0.25, 0.3) is 11.4 Å². The zero-order chi connectivity index (χ0) is 27.4. The number of aliphatic imine (C=N–C) groups is 1. The molecule has 0 atom stereocenters. The van der Waals surface area contributed by atoms with Gasteiger partial charge in [-0.3, -0.25) is 20.2 Å². The number of hydrogen-bond donors (Lipinski definition) is 0. The fourth-order valence-corrected chi connectivity index (χ4v) is 4.15. The quantitative estimate of drug-likeness (QED) is 0.131. The number of nitro benzene ring substituents is 2. The molecular weight excluding hydrogens is 562 g/mol. The number of nitrogens with zero attached hydrogens (tertiary/aromatic N) is 3. The number of cyclic esters (lactones) is 1. The highest BCUT2D eigenvalue weighted by atomic mass is 79.9. The van der Waals surface area contributed by atoms with E-state index in [0.29, 0.717) is 39.3 Å². The minimum atomic E-state index is -0.698. The molecule has 12 heteroatoms. The largest absolute Gasteiger partial charge is 0.490 e. The summed E-state index contributed by atoms with van der Waals surface area (Å²) in [4.78, 5) is 37.9. The van der Waals surface area contributed by atoms with Gasteiger partial charge in [-0.1, -0.05) is 6.07 Å². The number of carbonyl (C=O) groups is 1. The fourth-order valence-electron chi connectivity index (χ4n) is 3.57. The van der Waals surface area contributed by atoms with Crippen molar-refractivity contribution in [2.24, 2.45) is 4.99 Å². The van der Waals surface area contributed by atoms with E-state index in [1.54, 1.807) is 43.3 Å². The topological polar surface area (TPSA) is 143 Å². The number of non-ortho nitro benzene ring substituents is 1. The van der Waals surface area contributed by atoms with Crippen LogP contribution < -0.4 is 9.47 Å². The monoisotopic (exact) mass is 581 g/mol. The van der Waals surface area contributed by atoms with Crippen molar-refractivity contribution < 1.29 is 28.9 Å². The molecule has 4 rings (SSSR count). The van der Waals surface area contributed by atoms with Crippen LogP contribution in [0.2, 0.25) is 0 Å². The minimum absolute atomic E-state index is 0.0112. The number of halogens is 1. The number of ether oxygens (including phenoxy) is 3. The summed E-state index contributed by atoms with van der Waals surface area (Å²) in [5, 5.41) is 22.1. The predicted molar refractivity (Wildman–Crippen MR) is 141 cm³/mol. The van der Waals surface area contributed by atoms with Crippen molar-refractivity contribution in [2.75, 3.05) is 6.61 Å². The van der Waals surface area contributed by atoms with Gasteiger partial charge < -0.3 is 14.2 Å². The van der Waals surface area contributed by atoms with Gasteiger partial charge >= 0.3 is 5.97 Å². The van der Waals surface area contributed by atoms with Gasteiger partial charge in [0, 0.05) is 29.3 Å². The molecule has 0 unspecified atom stereocenters. The molecule has 1 aliphatic heterocycles. The SMILES string of the molecule is CCOc1cc(/C=C2\N=C(c3ccc(C)c([N+](=O)[O-])c3)OC2=O)cc(Br)c1OCc1ccc([N+](=O)[O-])cc1. The highest BCUT2D eigenvalue weighted by Gasteiger charge is 2.26. The number of rotatable bonds is 9. The van der Waals surface area contributed by atoms with E-state index >= 15 is 0 Å². The normalized spacial score (nSPS) is 13.7. The maximum atomic E-state index is 12.5. The van der Waals surface area contributed by atoms with Crippen molar-refractivity contribution in [1.82, 2.24) is 0 Å². The van der Waals surface area contributed by atoms with Crippen molar-refractivity contribution in [1.29, 1.82) is 0 Å². The second kappa shape index (κ2) is 11.2. The van der Waals surface area contributed by atoms with Crippen LogP contribution >= 0.6 is 15.9 Å². The van der Waals surface area contributed by atoms with Crippen LogP contribution in [0.1, 0.15) is 29.2 Å². The summed E-state index contributed by atoms with van der Waals surface area (Å²) < 4.78 is 17.5. The third-order valence-electron chi connectivity index (χ3n) is 5.44. The lowest BCUT2D eigenvalue weighted by atomic mass is 10.1. The second-order valence-corrected chi connectivity index (χ2v) is 8.92. The first-order chi connectivity index (χ1) is 18.2. The van der Waals surface area contributed by atoms with E-state index < -0.39 is 15.8 Å². The molecule has 3 aromatic carbocycles. The van der Waals surface area contributed by atoms with Gasteiger partial charge in [0.2, 0.25) is 5.90 Å². The van der Waals surface area contributed by atoms with Gasteiger partial charge in [0.1, 0.15) is 6.61 Å². The molecule has 0 spiro atoms. The molecule has 38 heavy (non-hydrogen) atoms. The molecule has 1 aliphatic rings. The van der Waals surface area contributed by atoms with Crippen molar-refractivity contribution in [2.45, 2.75) is 20.5 Å². The maximum Gasteiger partial charge on any atom is 0.363 e. The molecule has 0 N–H and O–H groups in total. The van der Waals surface area contributed by atoms with Crippen LogP contribution in [0.25, 0.3) is 6.08 Å². The maximum absolute atomic E-state index is 12.5. The van der Waals surface area contributed by atoms with E-state index in [-0.39, 0.29) is 29.6 Å². The predicted octanol–water partition coefficient (Wildman–Crippen LogP) is 5.90. The number of esters is 1. The molecule has 0 saturated heterocycles. The van der Waals surface area contributed by atoms with Gasteiger partial charge in [0.05, 0.1) is 20.9 Å². The highest BCUT2D eigenvalue weighted by molar-refractivity contribution is 9.10. The first kappa shape index (κ1) is 26.5. The Morgan fingerprint density at radius 3 is 2.42 bits per heavy atom. The standard InChI is InChI=1S/C26H20BrN3O8/c1-3-36-23-12-17(10-20(27)24(23)37-14-16-5-8-19(9-6-16)29(32)33)11-21-26(31)38-25(28-21)18-7-4-15(2)22(13-18)30(34)35/h4-13H,3,14H2,1-2H3/b21-11-. The number of benzene rings is 3. The molecule has 0 amide bonds. The van der Waals surface area contributed by atoms with Crippen LogP contribution in [-0.2, 0) is 16.1 Å². The molecule has 11 nitrogen and oxygen atoms in total. The molecule has 0 bridgehead atoms. The van der Waals surface area contributed by atoms with Crippen molar-refractivity contribution in [3.05, 3.63) is 107 Å². The number of hydrogen-bond acceptors (Lipinski definition) is 9. The molecule has 0 saturated carbocycles. The molecule has 194 valence electrons. The van der Waals surface area contributed by atoms with Gasteiger partial charge in [-0.2, -0.15) is 0 Å². The van der Waals surface area contributed by atoms with E-state index in [1.807, 2.05) is 6.92 Å². The third kappa shape index (κ3) is 5.86. The lowest BCUT2D eigenvalue weighted by molar-refractivity contribution is -0.385. The Bertz CT molecular complexity index is 1500. The molecular formula is C26H20BrN3O8. The summed E-state index contributed by atoms with van der Waals surface area (Å²) in [5.74, 6) is 0.0881. The van der Waals surface area contributed by atoms with Crippen molar-refractivity contribution in [3.63, 3.8) is 0 Å². The van der Waals surface area contributed by atoms with Gasteiger partial charge in [-0.05, 0) is 77.3 Å². The van der Waals surface area contributed by atoms with Crippen LogP contribution in [-0.4, -0.2) is 28.3 Å². The fraction of sp³-hybridized carbons (Fsp3) is 0.154. The minimum Gasteiger partial charge on any atom is -0.490 e. The van der Waals surface area contributed by atoms with Crippen LogP contribution in [0.15, 0.2) is 69.8 Å². The zero-order valence-electron chi connectivity index (χ0n) is 20.2. The highest BCUT2D eigenvalue weighted by Crippen LogP contribution is 2.38. The molecule has 0 radical (unpaired) electrons. The van der Waals surface area contributed by atoms with E-state index in [1.165, 1.54) is 24.3 Å². The Kier molecular flexibility index (Phi) is 7.82. The molecule has 1 heterocycles. The Balaban J connectivity index is 1.60. The zero-order valence-corrected chi connectivity index (χ0v) is 21.8. The Hall–Kier alpha value is -4.58. The first-order valence-electron chi connectivity index (χ1n) is 11.3. The van der Waals surface area contributed by atoms with Gasteiger partial charge in [-0.25, -0.2) is 9.79 Å². The second-order valence-electron chi connectivity index (χ2n) is 8.07. The van der Waals surface area contributed by atoms with Crippen molar-refractivity contribution >= 4 is 45.2 Å². The summed E-state index contributed by atoms with van der Waals surface area (Å²) in [6.45, 7) is 3.91. The van der Waals surface area contributed by atoms with Gasteiger partial charge in [-0.15, -0.1) is 0 Å². The van der Waals surface area contributed by atoms with Crippen molar-refractivity contribution in [3.8, 4) is 11.5 Å². The molecule has 0 aromatic heterocycles. The van der Waals surface area contributed by atoms with Crippen LogP contribution in [0.3, 0.4) is 0 Å². The number of carbonyl (C=O) groups excluding carboxylic acids is 1. The van der Waals surface area contributed by atoms with E-state index in [0.717, 1.165) is 5.56 Å². The average molecular weight is 582 g/mol. The lowest BCUT2D eigenvalue weighted by Crippen LogP contribution is -2.06. The van der Waals surface area contributed by atoms with Crippen LogP contribution in [0, 0.1) is 27.2 Å². The number of nitro groups is 2. The summed E-state index contributed by atoms with van der Waals surface area (Å²) in [7, 11) is 0. The van der Waals surface area contributed by atoms with E-state index in [9.17, 15) is 25.0 Å². The van der Waals surface area contributed by atoms with Crippen LogP contribution in [0.5, 0.6) is 11.5 Å². The lowest BCUT2D eigenvalue weighted by Gasteiger charge is -2.15. The Morgan fingerprint density at radius 1 is 1.03 bits per heavy atom. The summed E-state index contributed by atoms with van der Waals surface area (Å²) in [6, 6.07) is 13.9. The molecule has 0 aliphatic carbocycles. The summed E-state index contributed by atoms with van der Waals surface area (Å²) in [5.41, 5.74) is 1.97. The van der Waals surface area contributed by atoms with Crippen LogP contribution in [0.4, 0.5) is 11.4 Å². The molecule has 3 aromatic rings. The first-order valence-corrected chi connectivity index (χ1v) is 12.1. The Labute approximate surface area is 224 Å². The van der Waals surface area contributed by atoms with Gasteiger partial charge in [0.15, 0.2) is 17.2 Å². The van der Waals surface area contributed by atoms with E-state index in [4.69, 9.17) is 14.2 Å². The number of aryl methyl sites for hydroxylation is 1. The summed E-state index contributed by atoms with van der Waals surface area (Å²) >= 11 is 3.47.